The molecule has 3 heteroatoms. The van der Waals surface area contributed by atoms with Crippen LogP contribution in [-0.4, -0.2) is 18.1 Å². The Labute approximate surface area is 115 Å². The minimum absolute atomic E-state index is 0.0328. The Morgan fingerprint density at radius 3 is 2.47 bits per heavy atom. The van der Waals surface area contributed by atoms with E-state index in [9.17, 15) is 4.79 Å². The van der Waals surface area contributed by atoms with Gasteiger partial charge in [-0.25, -0.2) is 4.79 Å². The lowest BCUT2D eigenvalue weighted by atomic mass is 9.97. The van der Waals surface area contributed by atoms with Crippen LogP contribution in [0.15, 0.2) is 48.3 Å². The molecule has 0 unspecified atom stereocenters. The van der Waals surface area contributed by atoms with Crippen LogP contribution in [0.2, 0.25) is 0 Å². The van der Waals surface area contributed by atoms with E-state index >= 15 is 0 Å². The Morgan fingerprint density at radius 2 is 1.95 bits per heavy atom. The van der Waals surface area contributed by atoms with Crippen molar-refractivity contribution in [3.05, 3.63) is 53.9 Å². The molecule has 0 radical (unpaired) electrons. The second-order valence-corrected chi connectivity index (χ2v) is 5.39. The fraction of sp³-hybridized carbons (Fsp3) is 0.375. The third-order valence-electron chi connectivity index (χ3n) is 2.35. The summed E-state index contributed by atoms with van der Waals surface area (Å²) in [5.41, 5.74) is 4.11. The highest BCUT2D eigenvalue weighted by molar-refractivity contribution is 5.68. The topological polar surface area (TPSA) is 29.5 Å². The van der Waals surface area contributed by atoms with Crippen molar-refractivity contribution < 1.29 is 9.53 Å². The minimum Gasteiger partial charge on any atom is -0.452 e. The molecule has 0 aromatic heterocycles. The van der Waals surface area contributed by atoms with Gasteiger partial charge >= 0.3 is 6.09 Å². The molecule has 0 heterocycles. The highest BCUT2D eigenvalue weighted by atomic mass is 16.5. The number of methoxy groups -OCH3 is 1. The summed E-state index contributed by atoms with van der Waals surface area (Å²) in [4.78, 5) is 13.2. The van der Waals surface area contributed by atoms with Crippen molar-refractivity contribution in [3.8, 4) is 0 Å². The number of benzene rings is 1. The molecule has 0 bridgehead atoms. The lowest BCUT2D eigenvalue weighted by molar-refractivity contribution is 0.138. The van der Waals surface area contributed by atoms with Gasteiger partial charge in [-0.15, -0.1) is 5.73 Å². The van der Waals surface area contributed by atoms with Gasteiger partial charge in [0.2, 0.25) is 0 Å². The Hall–Kier alpha value is -1.99. The molecule has 0 N–H and O–H groups in total. The summed E-state index contributed by atoms with van der Waals surface area (Å²) < 4.78 is 4.77. The van der Waals surface area contributed by atoms with E-state index in [2.05, 4.69) is 26.5 Å². The standard InChI is InChI=1S/C16H21NO2/c1-16(2,3)11-8-12-17(15(18)19-4)13-14-9-6-5-7-10-14/h5-7,9-12H,13H2,1-4H3. The Kier molecular flexibility index (Phi) is 5.40. The number of ether oxygens (including phenoxy) is 1. The van der Waals surface area contributed by atoms with Crippen molar-refractivity contribution >= 4 is 6.09 Å². The lowest BCUT2D eigenvalue weighted by Gasteiger charge is -2.16. The van der Waals surface area contributed by atoms with Gasteiger partial charge in [0.05, 0.1) is 19.9 Å². The van der Waals surface area contributed by atoms with Gasteiger partial charge in [0.1, 0.15) is 0 Å². The predicted molar refractivity (Wildman–Crippen MR) is 76.5 cm³/mol. The van der Waals surface area contributed by atoms with Crippen LogP contribution in [0.5, 0.6) is 0 Å². The molecule has 0 saturated heterocycles. The van der Waals surface area contributed by atoms with Crippen LogP contribution in [0.4, 0.5) is 4.79 Å². The maximum Gasteiger partial charge on any atom is 0.414 e. The van der Waals surface area contributed by atoms with Gasteiger partial charge in [-0.2, -0.15) is 0 Å². The molecule has 1 amide bonds. The van der Waals surface area contributed by atoms with Crippen LogP contribution in [0.1, 0.15) is 26.3 Å². The quantitative estimate of drug-likeness (QED) is 0.769. The van der Waals surface area contributed by atoms with Gasteiger partial charge in [-0.05, 0) is 17.1 Å². The van der Waals surface area contributed by atoms with Crippen LogP contribution in [0.3, 0.4) is 0 Å². The molecule has 0 saturated carbocycles. The molecule has 1 rings (SSSR count). The summed E-state index contributed by atoms with van der Waals surface area (Å²) in [5.74, 6) is 0. The van der Waals surface area contributed by atoms with Gasteiger partial charge in [-0.1, -0.05) is 51.1 Å². The molecule has 1 aromatic carbocycles. The Bertz CT molecular complexity index is 465. The Morgan fingerprint density at radius 1 is 1.32 bits per heavy atom. The number of hydrogen-bond donors (Lipinski definition) is 0. The second kappa shape index (κ2) is 6.81. The number of carbonyl (C=O) groups is 1. The number of nitrogens with zero attached hydrogens (tertiary/aromatic N) is 1. The number of hydrogen-bond acceptors (Lipinski definition) is 2. The highest BCUT2D eigenvalue weighted by Crippen LogP contribution is 2.13. The molecular weight excluding hydrogens is 238 g/mol. The van der Waals surface area contributed by atoms with Gasteiger partial charge in [0.25, 0.3) is 0 Å². The molecule has 3 nitrogen and oxygen atoms in total. The lowest BCUT2D eigenvalue weighted by Crippen LogP contribution is -2.24. The summed E-state index contributed by atoms with van der Waals surface area (Å²) in [6.45, 7) is 6.70. The zero-order chi connectivity index (χ0) is 14.3. The van der Waals surface area contributed by atoms with E-state index in [0.717, 1.165) is 5.56 Å². The van der Waals surface area contributed by atoms with Crippen LogP contribution < -0.4 is 0 Å². The van der Waals surface area contributed by atoms with Crippen LogP contribution in [0.25, 0.3) is 0 Å². The fourth-order valence-corrected chi connectivity index (χ4v) is 1.44. The van der Waals surface area contributed by atoms with Crippen molar-refractivity contribution in [1.82, 2.24) is 4.90 Å². The third kappa shape index (κ3) is 5.94. The molecule has 19 heavy (non-hydrogen) atoms. The molecular formula is C16H21NO2. The SMILES string of the molecule is COC(=O)N(C=C=CC(C)(C)C)Cc1ccccc1. The molecule has 0 atom stereocenters. The van der Waals surface area contributed by atoms with Crippen LogP contribution in [0, 0.1) is 5.41 Å². The molecule has 0 aliphatic rings. The summed E-state index contributed by atoms with van der Waals surface area (Å²) in [7, 11) is 1.38. The Balaban J connectivity index is 2.85. The zero-order valence-corrected chi connectivity index (χ0v) is 12.0. The van der Waals surface area contributed by atoms with Crippen molar-refractivity contribution in [2.75, 3.05) is 7.11 Å². The van der Waals surface area contributed by atoms with Gasteiger partial charge in [0, 0.05) is 0 Å². The first-order chi connectivity index (χ1) is 8.92. The van der Waals surface area contributed by atoms with Crippen molar-refractivity contribution in [1.29, 1.82) is 0 Å². The van der Waals surface area contributed by atoms with E-state index in [-0.39, 0.29) is 5.41 Å². The monoisotopic (exact) mass is 259 g/mol. The van der Waals surface area contributed by atoms with Crippen LogP contribution >= 0.6 is 0 Å². The molecule has 102 valence electrons. The van der Waals surface area contributed by atoms with Gasteiger partial charge in [-0.3, -0.25) is 4.90 Å². The van der Waals surface area contributed by atoms with Crippen LogP contribution in [-0.2, 0) is 11.3 Å². The van der Waals surface area contributed by atoms with Crippen molar-refractivity contribution in [2.45, 2.75) is 27.3 Å². The van der Waals surface area contributed by atoms with E-state index in [1.807, 2.05) is 36.4 Å². The van der Waals surface area contributed by atoms with Crippen molar-refractivity contribution in [3.63, 3.8) is 0 Å². The third-order valence-corrected chi connectivity index (χ3v) is 2.35. The number of amides is 1. The second-order valence-electron chi connectivity index (χ2n) is 5.39. The summed E-state index contributed by atoms with van der Waals surface area (Å²) >= 11 is 0. The van der Waals surface area contributed by atoms with E-state index in [1.54, 1.807) is 6.20 Å². The maximum atomic E-state index is 11.7. The van der Waals surface area contributed by atoms with Gasteiger partial charge < -0.3 is 4.74 Å². The van der Waals surface area contributed by atoms with E-state index in [1.165, 1.54) is 12.0 Å². The molecule has 0 spiro atoms. The minimum atomic E-state index is -0.390. The number of carbonyl (C=O) groups excluding carboxylic acids is 1. The average Bonchev–Trinajstić information content (AvgIpc) is 2.36. The normalized spacial score (nSPS) is 10.3. The van der Waals surface area contributed by atoms with Gasteiger partial charge in [0.15, 0.2) is 0 Å². The highest BCUT2D eigenvalue weighted by Gasteiger charge is 2.11. The first kappa shape index (κ1) is 15.1. The maximum absolute atomic E-state index is 11.7. The zero-order valence-electron chi connectivity index (χ0n) is 12.0. The smallest absolute Gasteiger partial charge is 0.414 e. The van der Waals surface area contributed by atoms with Crippen molar-refractivity contribution in [2.24, 2.45) is 5.41 Å². The van der Waals surface area contributed by atoms with E-state index < -0.39 is 6.09 Å². The average molecular weight is 259 g/mol. The van der Waals surface area contributed by atoms with E-state index in [4.69, 9.17) is 4.74 Å². The summed E-state index contributed by atoms with van der Waals surface area (Å²) in [6.07, 6.45) is 3.16. The molecule has 0 fully saturated rings. The first-order valence-electron chi connectivity index (χ1n) is 6.24. The molecule has 0 aliphatic carbocycles. The largest absolute Gasteiger partial charge is 0.452 e. The molecule has 0 aliphatic heterocycles. The number of rotatable bonds is 3. The fourth-order valence-electron chi connectivity index (χ4n) is 1.44. The predicted octanol–water partition coefficient (Wildman–Crippen LogP) is 3.97. The van der Waals surface area contributed by atoms with E-state index in [0.29, 0.717) is 6.54 Å². The number of allylic oxidation sites excluding steroid dienone is 1. The summed E-state index contributed by atoms with van der Waals surface area (Å²) in [6, 6.07) is 9.77. The summed E-state index contributed by atoms with van der Waals surface area (Å²) in [5, 5.41) is 0. The molecule has 1 aromatic rings. The first-order valence-corrected chi connectivity index (χ1v) is 6.24.